The van der Waals surface area contributed by atoms with Crippen LogP contribution in [0.5, 0.6) is 0 Å². The fraction of sp³-hybridized carbons (Fsp3) is 0.312. The first-order valence-electron chi connectivity index (χ1n) is 7.38. The van der Waals surface area contributed by atoms with Gasteiger partial charge in [-0.3, -0.25) is 9.59 Å². The van der Waals surface area contributed by atoms with Crippen LogP contribution in [0.3, 0.4) is 0 Å². The molecule has 2 aromatic rings. The van der Waals surface area contributed by atoms with Gasteiger partial charge in [-0.15, -0.1) is 0 Å². The molecule has 0 unspecified atom stereocenters. The van der Waals surface area contributed by atoms with Crippen molar-refractivity contribution in [2.24, 2.45) is 0 Å². The van der Waals surface area contributed by atoms with Crippen LogP contribution in [0.1, 0.15) is 35.8 Å². The first-order valence-corrected chi connectivity index (χ1v) is 7.38. The van der Waals surface area contributed by atoms with E-state index in [1.54, 1.807) is 0 Å². The van der Waals surface area contributed by atoms with E-state index in [0.29, 0.717) is 13.0 Å². The minimum atomic E-state index is -4.59. The zero-order valence-electron chi connectivity index (χ0n) is 12.9. The molecule has 1 aromatic carbocycles. The van der Waals surface area contributed by atoms with Gasteiger partial charge in [0.15, 0.2) is 0 Å². The highest BCUT2D eigenvalue weighted by atomic mass is 19.4. The van der Waals surface area contributed by atoms with E-state index in [1.165, 1.54) is 24.3 Å². The summed E-state index contributed by atoms with van der Waals surface area (Å²) in [6.45, 7) is 2.28. The van der Waals surface area contributed by atoms with Crippen molar-refractivity contribution in [2.75, 3.05) is 5.32 Å². The second kappa shape index (κ2) is 7.29. The SMILES string of the molecule is CCCCn1nc(C(=O)Nc2ccccc2C(F)(F)F)ccc1=O. The molecule has 1 aromatic heterocycles. The fourth-order valence-corrected chi connectivity index (χ4v) is 2.06. The Balaban J connectivity index is 2.27. The van der Waals surface area contributed by atoms with E-state index >= 15 is 0 Å². The van der Waals surface area contributed by atoms with Crippen LogP contribution in [-0.4, -0.2) is 15.7 Å². The summed E-state index contributed by atoms with van der Waals surface area (Å²) in [6, 6.07) is 7.03. The molecule has 0 aliphatic carbocycles. The maximum Gasteiger partial charge on any atom is 0.418 e. The molecule has 1 amide bonds. The molecule has 0 bridgehead atoms. The molecule has 8 heteroatoms. The van der Waals surface area contributed by atoms with Crippen LogP contribution in [0.25, 0.3) is 0 Å². The van der Waals surface area contributed by atoms with Crippen molar-refractivity contribution in [1.82, 2.24) is 9.78 Å². The van der Waals surface area contributed by atoms with E-state index in [1.807, 2.05) is 6.92 Å². The molecule has 1 heterocycles. The molecule has 24 heavy (non-hydrogen) atoms. The van der Waals surface area contributed by atoms with E-state index in [9.17, 15) is 22.8 Å². The summed E-state index contributed by atoms with van der Waals surface area (Å²) in [6.07, 6.45) is -3.05. The average Bonchev–Trinajstić information content (AvgIpc) is 2.53. The summed E-state index contributed by atoms with van der Waals surface area (Å²) in [5.41, 5.74) is -1.79. The molecule has 0 atom stereocenters. The van der Waals surface area contributed by atoms with Gasteiger partial charge in [0.05, 0.1) is 11.3 Å². The van der Waals surface area contributed by atoms with Crippen molar-refractivity contribution < 1.29 is 18.0 Å². The van der Waals surface area contributed by atoms with Crippen LogP contribution in [0.4, 0.5) is 18.9 Å². The number of para-hydroxylation sites is 1. The molecule has 1 N–H and O–H groups in total. The van der Waals surface area contributed by atoms with Crippen molar-refractivity contribution in [1.29, 1.82) is 0 Å². The lowest BCUT2D eigenvalue weighted by atomic mass is 10.1. The third-order valence-electron chi connectivity index (χ3n) is 3.30. The zero-order chi connectivity index (χ0) is 17.7. The van der Waals surface area contributed by atoms with E-state index in [4.69, 9.17) is 0 Å². The normalized spacial score (nSPS) is 11.3. The largest absolute Gasteiger partial charge is 0.418 e. The van der Waals surface area contributed by atoms with Crippen LogP contribution in [0.2, 0.25) is 0 Å². The van der Waals surface area contributed by atoms with Gasteiger partial charge in [-0.1, -0.05) is 25.5 Å². The number of hydrogen-bond donors (Lipinski definition) is 1. The smallest absolute Gasteiger partial charge is 0.320 e. The Bertz CT molecular complexity index is 785. The maximum absolute atomic E-state index is 12.9. The van der Waals surface area contributed by atoms with Gasteiger partial charge in [0.25, 0.3) is 11.5 Å². The number of halogens is 3. The number of aromatic nitrogens is 2. The highest BCUT2D eigenvalue weighted by Crippen LogP contribution is 2.34. The lowest BCUT2D eigenvalue weighted by molar-refractivity contribution is -0.136. The van der Waals surface area contributed by atoms with Gasteiger partial charge in [-0.05, 0) is 24.6 Å². The molecule has 0 aliphatic rings. The number of hydrogen-bond acceptors (Lipinski definition) is 3. The van der Waals surface area contributed by atoms with Gasteiger partial charge in [0, 0.05) is 12.6 Å². The molecule has 0 spiro atoms. The first kappa shape index (κ1) is 17.7. The molecular weight excluding hydrogens is 323 g/mol. The topological polar surface area (TPSA) is 64.0 Å². The standard InChI is InChI=1S/C16H16F3N3O2/c1-2-3-10-22-14(23)9-8-13(21-22)15(24)20-12-7-5-4-6-11(12)16(17,18)19/h4-9H,2-3,10H2,1H3,(H,20,24). The summed E-state index contributed by atoms with van der Waals surface area (Å²) in [5.74, 6) is -0.808. The average molecular weight is 339 g/mol. The number of nitrogens with zero attached hydrogens (tertiary/aromatic N) is 2. The van der Waals surface area contributed by atoms with Crippen LogP contribution in [0.15, 0.2) is 41.2 Å². The minimum Gasteiger partial charge on any atom is -0.320 e. The number of carbonyl (C=O) groups excluding carboxylic acids is 1. The van der Waals surface area contributed by atoms with Gasteiger partial charge < -0.3 is 5.32 Å². The van der Waals surface area contributed by atoms with Crippen molar-refractivity contribution >= 4 is 11.6 Å². The molecule has 0 saturated heterocycles. The third kappa shape index (κ3) is 4.21. The Morgan fingerprint density at radius 2 is 1.92 bits per heavy atom. The Morgan fingerprint density at radius 1 is 1.21 bits per heavy atom. The van der Waals surface area contributed by atoms with Gasteiger partial charge in [-0.2, -0.15) is 18.3 Å². The summed E-state index contributed by atoms with van der Waals surface area (Å²) >= 11 is 0. The quantitative estimate of drug-likeness (QED) is 0.909. The van der Waals surface area contributed by atoms with Crippen molar-refractivity contribution in [3.8, 4) is 0 Å². The second-order valence-electron chi connectivity index (χ2n) is 5.13. The molecule has 2 rings (SSSR count). The number of carbonyl (C=O) groups is 1. The van der Waals surface area contributed by atoms with Crippen molar-refractivity contribution in [2.45, 2.75) is 32.5 Å². The lowest BCUT2D eigenvalue weighted by Gasteiger charge is -2.13. The molecule has 0 fully saturated rings. The summed E-state index contributed by atoms with van der Waals surface area (Å²) in [4.78, 5) is 23.8. The van der Waals surface area contributed by atoms with E-state index in [-0.39, 0.29) is 16.9 Å². The Labute approximate surface area is 136 Å². The number of rotatable bonds is 5. The highest BCUT2D eigenvalue weighted by Gasteiger charge is 2.33. The predicted molar refractivity (Wildman–Crippen MR) is 82.8 cm³/mol. The first-order chi connectivity index (χ1) is 11.3. The molecule has 0 saturated carbocycles. The van der Waals surface area contributed by atoms with Crippen LogP contribution >= 0.6 is 0 Å². The lowest BCUT2D eigenvalue weighted by Crippen LogP contribution is -2.26. The fourth-order valence-electron chi connectivity index (χ4n) is 2.06. The zero-order valence-corrected chi connectivity index (χ0v) is 12.9. The molecule has 128 valence electrons. The molecule has 0 radical (unpaired) electrons. The second-order valence-corrected chi connectivity index (χ2v) is 5.13. The van der Waals surface area contributed by atoms with Crippen molar-refractivity contribution in [3.05, 3.63) is 58.0 Å². The maximum atomic E-state index is 12.9. The Hall–Kier alpha value is -2.64. The summed E-state index contributed by atoms with van der Waals surface area (Å²) < 4.78 is 40.0. The number of nitrogens with one attached hydrogen (secondary N) is 1. The number of anilines is 1. The number of amides is 1. The molecule has 5 nitrogen and oxygen atoms in total. The van der Waals surface area contributed by atoms with E-state index in [2.05, 4.69) is 10.4 Å². The predicted octanol–water partition coefficient (Wildman–Crippen LogP) is 3.31. The number of aryl methyl sites for hydroxylation is 1. The van der Waals surface area contributed by atoms with Crippen LogP contribution in [-0.2, 0) is 12.7 Å². The minimum absolute atomic E-state index is 0.123. The molecule has 0 aliphatic heterocycles. The number of alkyl halides is 3. The third-order valence-corrected chi connectivity index (χ3v) is 3.30. The monoisotopic (exact) mass is 339 g/mol. The van der Waals surface area contributed by atoms with Gasteiger partial charge in [0.2, 0.25) is 0 Å². The van der Waals surface area contributed by atoms with E-state index in [0.717, 1.165) is 23.2 Å². The Kier molecular flexibility index (Phi) is 5.38. The number of benzene rings is 1. The summed E-state index contributed by atoms with van der Waals surface area (Å²) in [5, 5.41) is 6.11. The van der Waals surface area contributed by atoms with Gasteiger partial charge in [0.1, 0.15) is 5.69 Å². The van der Waals surface area contributed by atoms with Crippen molar-refractivity contribution in [3.63, 3.8) is 0 Å². The van der Waals surface area contributed by atoms with Crippen LogP contribution in [0, 0.1) is 0 Å². The van der Waals surface area contributed by atoms with E-state index < -0.39 is 17.6 Å². The van der Waals surface area contributed by atoms with Crippen LogP contribution < -0.4 is 10.9 Å². The number of unbranched alkanes of at least 4 members (excludes halogenated alkanes) is 1. The van der Waals surface area contributed by atoms with Gasteiger partial charge >= 0.3 is 6.18 Å². The summed E-state index contributed by atoms with van der Waals surface area (Å²) in [7, 11) is 0. The molecular formula is C16H16F3N3O2. The highest BCUT2D eigenvalue weighted by molar-refractivity contribution is 6.03. The Morgan fingerprint density at radius 3 is 2.58 bits per heavy atom. The van der Waals surface area contributed by atoms with Gasteiger partial charge in [-0.25, -0.2) is 4.68 Å².